The summed E-state index contributed by atoms with van der Waals surface area (Å²) in [6, 6.07) is 10.6. The molecule has 6 atom stereocenters. The molecule has 0 aliphatic rings. The van der Waals surface area contributed by atoms with Gasteiger partial charge in [0, 0.05) is 40.6 Å². The van der Waals surface area contributed by atoms with Crippen molar-refractivity contribution in [3.63, 3.8) is 0 Å². The molecule has 0 saturated carbocycles. The Morgan fingerprint density at radius 3 is 2.18 bits per heavy atom. The van der Waals surface area contributed by atoms with Gasteiger partial charge in [-0.3, -0.25) is 24.2 Å². The number of aliphatic hydroxyl groups excluding tert-OH is 6. The quantitative estimate of drug-likeness (QED) is 0.0349. The van der Waals surface area contributed by atoms with Crippen molar-refractivity contribution in [2.24, 2.45) is 16.5 Å². The van der Waals surface area contributed by atoms with Crippen molar-refractivity contribution in [1.29, 1.82) is 0 Å². The molecule has 0 aliphatic heterocycles. The van der Waals surface area contributed by atoms with Gasteiger partial charge in [-0.25, -0.2) is 0 Å². The Hall–Kier alpha value is -4.85. The monoisotopic (exact) mass is 688 g/mol. The van der Waals surface area contributed by atoms with Gasteiger partial charge in [0.2, 0.25) is 17.7 Å². The number of aromatic nitrogens is 1. The van der Waals surface area contributed by atoms with Crippen molar-refractivity contribution in [2.45, 2.75) is 62.8 Å². The molecule has 2 aromatic carbocycles. The number of nitrogens with two attached hydrogens (primary N) is 2. The van der Waals surface area contributed by atoms with Crippen LogP contribution in [0.3, 0.4) is 0 Å². The van der Waals surface area contributed by atoms with E-state index >= 15 is 0 Å². The van der Waals surface area contributed by atoms with E-state index in [1.165, 1.54) is 0 Å². The van der Waals surface area contributed by atoms with Crippen LogP contribution >= 0.6 is 0 Å². The fourth-order valence-corrected chi connectivity index (χ4v) is 5.14. The second-order valence-corrected chi connectivity index (χ2v) is 11.2. The largest absolute Gasteiger partial charge is 0.394 e. The van der Waals surface area contributed by atoms with Gasteiger partial charge >= 0.3 is 0 Å². The Kier molecular flexibility index (Phi) is 14.2. The number of nitrogens with zero attached hydrogens (tertiary/aromatic N) is 2. The van der Waals surface area contributed by atoms with E-state index in [9.17, 15) is 44.7 Å². The van der Waals surface area contributed by atoms with Gasteiger partial charge in [-0.15, -0.1) is 0 Å². The molecule has 0 spiro atoms. The first kappa shape index (κ1) is 38.6. The minimum atomic E-state index is -2.36. The van der Waals surface area contributed by atoms with E-state index in [0.29, 0.717) is 12.1 Å². The van der Waals surface area contributed by atoms with E-state index in [4.69, 9.17) is 16.6 Å². The highest BCUT2D eigenvalue weighted by Gasteiger charge is 2.35. The Morgan fingerprint density at radius 2 is 1.53 bits per heavy atom. The van der Waals surface area contributed by atoms with Crippen molar-refractivity contribution in [3.05, 3.63) is 42.5 Å². The Balaban J connectivity index is 1.66. The molecule has 49 heavy (non-hydrogen) atoms. The third-order valence-corrected chi connectivity index (χ3v) is 7.72. The molecular formula is C31H44N8O10. The molecule has 3 rings (SSSR count). The number of amides is 4. The second-order valence-electron chi connectivity index (χ2n) is 11.2. The van der Waals surface area contributed by atoms with Gasteiger partial charge in [0.15, 0.2) is 12.1 Å². The fourth-order valence-electron chi connectivity index (χ4n) is 5.14. The zero-order chi connectivity index (χ0) is 36.2. The number of fused-ring (bicyclic) bond motifs is 3. The number of aryl methyl sites for hydroxylation is 1. The van der Waals surface area contributed by atoms with E-state index < -0.39 is 79.9 Å². The van der Waals surface area contributed by atoms with Crippen LogP contribution in [0.2, 0.25) is 0 Å². The first-order chi connectivity index (χ1) is 23.3. The summed E-state index contributed by atoms with van der Waals surface area (Å²) in [6.45, 7) is 0.314. The standard InChI is InChI=1S/C31H44N8O10/c1-2-39-21-8-4-3-6-17(21)18-12-16(9-10-22(18)39)36-29(48)19(7-5-11-34-31(32)33)37-24(43)13-35-28(47)20(14-40)38-30(49)27(46)26(45)25(44)23(42)15-41/h3-4,6,8-10,12,19-20,23,25-27,40-42,44-46H,2,5,7,11,13-15H2,1H3,(H,35,47)(H,36,48)(H,37,43)(H,38,49)(H4,32,33,34)/t19-,20-,23+,25+,26-,27+/m0/s1. The van der Waals surface area contributed by atoms with E-state index in [2.05, 4.69) is 25.5 Å². The predicted octanol–water partition coefficient (Wildman–Crippen LogP) is -3.68. The summed E-state index contributed by atoms with van der Waals surface area (Å²) in [7, 11) is 0. The summed E-state index contributed by atoms with van der Waals surface area (Å²) in [6.07, 6.45) is -8.15. The van der Waals surface area contributed by atoms with E-state index in [1.807, 2.05) is 48.6 Å². The molecule has 18 nitrogen and oxygen atoms in total. The molecule has 0 fully saturated rings. The first-order valence-electron chi connectivity index (χ1n) is 15.5. The van der Waals surface area contributed by atoms with Gasteiger partial charge in [0.25, 0.3) is 5.91 Å². The number of rotatable bonds is 18. The van der Waals surface area contributed by atoms with Crippen LogP contribution in [-0.4, -0.2) is 128 Å². The van der Waals surface area contributed by atoms with Crippen LogP contribution in [-0.2, 0) is 25.7 Å². The third-order valence-electron chi connectivity index (χ3n) is 7.72. The van der Waals surface area contributed by atoms with Gasteiger partial charge < -0.3 is 67.9 Å². The van der Waals surface area contributed by atoms with Crippen molar-refractivity contribution in [3.8, 4) is 0 Å². The number of benzene rings is 2. The zero-order valence-electron chi connectivity index (χ0n) is 26.8. The van der Waals surface area contributed by atoms with Gasteiger partial charge in [-0.05, 0) is 44.0 Å². The summed E-state index contributed by atoms with van der Waals surface area (Å²) < 4.78 is 2.16. The lowest BCUT2D eigenvalue weighted by Gasteiger charge is -2.26. The van der Waals surface area contributed by atoms with Crippen LogP contribution in [0.4, 0.5) is 5.69 Å². The average Bonchev–Trinajstić information content (AvgIpc) is 3.41. The molecule has 0 bridgehead atoms. The van der Waals surface area contributed by atoms with Crippen molar-refractivity contribution in [1.82, 2.24) is 20.5 Å². The maximum atomic E-state index is 13.4. The molecule has 14 N–H and O–H groups in total. The maximum Gasteiger partial charge on any atom is 0.252 e. The van der Waals surface area contributed by atoms with Crippen LogP contribution in [0.5, 0.6) is 0 Å². The molecule has 18 heteroatoms. The van der Waals surface area contributed by atoms with Crippen molar-refractivity contribution >= 4 is 57.1 Å². The van der Waals surface area contributed by atoms with E-state index in [0.717, 1.165) is 28.4 Å². The maximum absolute atomic E-state index is 13.4. The lowest BCUT2D eigenvalue weighted by Crippen LogP contribution is -2.57. The summed E-state index contributed by atoms with van der Waals surface area (Å²) in [5, 5.41) is 68.9. The highest BCUT2D eigenvalue weighted by atomic mass is 16.4. The van der Waals surface area contributed by atoms with Crippen molar-refractivity contribution < 1.29 is 49.8 Å². The number of guanidine groups is 1. The number of para-hydroxylation sites is 1. The first-order valence-corrected chi connectivity index (χ1v) is 15.5. The molecule has 3 aromatic rings. The van der Waals surface area contributed by atoms with Crippen LogP contribution in [0.1, 0.15) is 19.8 Å². The Bertz CT molecular complexity index is 1640. The molecule has 268 valence electrons. The number of carbonyl (C=O) groups excluding carboxylic acids is 4. The number of anilines is 1. The van der Waals surface area contributed by atoms with Crippen LogP contribution in [0.25, 0.3) is 21.8 Å². The third kappa shape index (κ3) is 10.1. The van der Waals surface area contributed by atoms with E-state index in [1.54, 1.807) is 6.07 Å². The van der Waals surface area contributed by atoms with Crippen LogP contribution in [0, 0.1) is 0 Å². The smallest absolute Gasteiger partial charge is 0.252 e. The van der Waals surface area contributed by atoms with Gasteiger partial charge in [-0.1, -0.05) is 18.2 Å². The number of hydrogen-bond acceptors (Lipinski definition) is 11. The Labute approximate surface area is 280 Å². The number of hydrogen-bond donors (Lipinski definition) is 12. The topological polar surface area (TPSA) is 307 Å². The summed E-state index contributed by atoms with van der Waals surface area (Å²) in [5.41, 5.74) is 13.3. The molecule has 0 saturated heterocycles. The highest BCUT2D eigenvalue weighted by molar-refractivity contribution is 6.10. The van der Waals surface area contributed by atoms with Crippen molar-refractivity contribution in [2.75, 3.05) is 31.6 Å². The van der Waals surface area contributed by atoms with Gasteiger partial charge in [0.1, 0.15) is 30.4 Å². The number of carbonyl (C=O) groups is 4. The van der Waals surface area contributed by atoms with Crippen LogP contribution in [0.15, 0.2) is 47.5 Å². The molecule has 0 aliphatic carbocycles. The van der Waals surface area contributed by atoms with E-state index in [-0.39, 0.29) is 18.9 Å². The number of aliphatic hydroxyl groups is 6. The highest BCUT2D eigenvalue weighted by Crippen LogP contribution is 2.31. The summed E-state index contributed by atoms with van der Waals surface area (Å²) in [4.78, 5) is 55.0. The second kappa shape index (κ2) is 18.1. The lowest BCUT2D eigenvalue weighted by molar-refractivity contribution is -0.151. The zero-order valence-corrected chi connectivity index (χ0v) is 26.8. The Morgan fingerprint density at radius 1 is 0.837 bits per heavy atom. The normalized spacial score (nSPS) is 15.0. The minimum Gasteiger partial charge on any atom is -0.394 e. The summed E-state index contributed by atoms with van der Waals surface area (Å²) in [5.74, 6) is -3.94. The minimum absolute atomic E-state index is 0.117. The van der Waals surface area contributed by atoms with Gasteiger partial charge in [-0.2, -0.15) is 0 Å². The predicted molar refractivity (Wildman–Crippen MR) is 179 cm³/mol. The SMILES string of the molecule is CCn1c2ccccc2c2cc(NC(=O)[C@H](CCCN=C(N)N)NC(=O)CNC(=O)[C@H](CO)NC(=O)[C@H](O)[C@@H](O)[C@H](O)[C@H](O)CO)ccc21. The molecule has 4 amide bonds. The van der Waals surface area contributed by atoms with Gasteiger partial charge in [0.05, 0.1) is 19.8 Å². The molecular weight excluding hydrogens is 644 g/mol. The summed E-state index contributed by atoms with van der Waals surface area (Å²) >= 11 is 0. The number of nitrogens with one attached hydrogen (secondary N) is 4. The fraction of sp³-hybridized carbons (Fsp3) is 0.452. The molecule has 1 aromatic heterocycles. The average molecular weight is 689 g/mol. The molecule has 0 radical (unpaired) electrons. The molecule has 1 heterocycles. The number of aliphatic imine (C=N–C) groups is 1. The molecule has 0 unspecified atom stereocenters. The lowest BCUT2D eigenvalue weighted by atomic mass is 10.0. The van der Waals surface area contributed by atoms with Crippen LogP contribution < -0.4 is 32.7 Å².